The number of likely N-dealkylation sites (tertiary alicyclic amines) is 1. The molecule has 2 heterocycles. The number of guanidine groups is 1. The fraction of sp³-hybridized carbons (Fsp3) is 0.864. The van der Waals surface area contributed by atoms with Crippen molar-refractivity contribution < 1.29 is 0 Å². The highest BCUT2D eigenvalue weighted by Crippen LogP contribution is 2.23. The zero-order chi connectivity index (χ0) is 20.3. The molecule has 1 saturated carbocycles. The van der Waals surface area contributed by atoms with Gasteiger partial charge in [0.05, 0.1) is 0 Å². The van der Waals surface area contributed by atoms with Crippen LogP contribution in [-0.2, 0) is 13.0 Å². The molecule has 29 heavy (non-hydrogen) atoms. The minimum absolute atomic E-state index is 0.529. The van der Waals surface area contributed by atoms with Crippen molar-refractivity contribution in [1.82, 2.24) is 30.3 Å². The maximum Gasteiger partial charge on any atom is 0.191 e. The predicted molar refractivity (Wildman–Crippen MR) is 119 cm³/mol. The summed E-state index contributed by atoms with van der Waals surface area (Å²) < 4.78 is 2.13. The molecule has 1 saturated heterocycles. The van der Waals surface area contributed by atoms with E-state index in [1.165, 1.54) is 71.0 Å². The minimum Gasteiger partial charge on any atom is -0.355 e. The van der Waals surface area contributed by atoms with Crippen LogP contribution >= 0.6 is 0 Å². The van der Waals surface area contributed by atoms with E-state index in [0.717, 1.165) is 43.8 Å². The third kappa shape index (κ3) is 7.28. The Balaban J connectivity index is 1.51. The van der Waals surface area contributed by atoms with Gasteiger partial charge in [0.15, 0.2) is 5.96 Å². The van der Waals surface area contributed by atoms with Crippen LogP contribution in [-0.4, -0.2) is 64.4 Å². The van der Waals surface area contributed by atoms with Gasteiger partial charge in [-0.05, 0) is 44.6 Å². The van der Waals surface area contributed by atoms with Gasteiger partial charge in [0.1, 0.15) is 12.2 Å². The van der Waals surface area contributed by atoms with Crippen LogP contribution in [0, 0.1) is 5.92 Å². The van der Waals surface area contributed by atoms with Crippen LogP contribution in [0.2, 0.25) is 0 Å². The molecule has 7 nitrogen and oxygen atoms in total. The molecule has 1 aromatic heterocycles. The number of hydrogen-bond acceptors (Lipinski definition) is 4. The maximum absolute atomic E-state index is 5.00. The summed E-state index contributed by atoms with van der Waals surface area (Å²) in [6, 6.07) is 0.529. The average molecular weight is 404 g/mol. The van der Waals surface area contributed by atoms with Gasteiger partial charge in [-0.25, -0.2) is 0 Å². The van der Waals surface area contributed by atoms with Gasteiger partial charge in [0, 0.05) is 45.2 Å². The van der Waals surface area contributed by atoms with E-state index < -0.39 is 0 Å². The number of piperidine rings is 1. The average Bonchev–Trinajstić information content (AvgIpc) is 3.22. The van der Waals surface area contributed by atoms with Crippen LogP contribution in [0.3, 0.4) is 0 Å². The van der Waals surface area contributed by atoms with Crippen molar-refractivity contribution in [3.8, 4) is 0 Å². The zero-order valence-corrected chi connectivity index (χ0v) is 18.6. The lowest BCUT2D eigenvalue weighted by Gasteiger charge is -2.33. The molecule has 2 N–H and O–H groups in total. The van der Waals surface area contributed by atoms with Crippen molar-refractivity contribution in [2.45, 2.75) is 84.2 Å². The van der Waals surface area contributed by atoms with E-state index in [-0.39, 0.29) is 0 Å². The number of aryl methyl sites for hydroxylation is 1. The van der Waals surface area contributed by atoms with E-state index >= 15 is 0 Å². The smallest absolute Gasteiger partial charge is 0.191 e. The number of nitrogens with zero attached hydrogens (tertiary/aromatic N) is 5. The van der Waals surface area contributed by atoms with Crippen molar-refractivity contribution in [1.29, 1.82) is 0 Å². The quantitative estimate of drug-likeness (QED) is 0.490. The molecule has 0 bridgehead atoms. The third-order valence-corrected chi connectivity index (χ3v) is 6.36. The lowest BCUT2D eigenvalue weighted by atomic mass is 9.89. The van der Waals surface area contributed by atoms with Gasteiger partial charge in [-0.15, -0.1) is 10.2 Å². The minimum atomic E-state index is 0.529. The summed E-state index contributed by atoms with van der Waals surface area (Å²) in [4.78, 5) is 7.58. The second-order valence-electron chi connectivity index (χ2n) is 8.67. The second-order valence-corrected chi connectivity index (χ2v) is 8.67. The Hall–Kier alpha value is -1.63. The molecule has 1 aliphatic carbocycles. The largest absolute Gasteiger partial charge is 0.355 e. The summed E-state index contributed by atoms with van der Waals surface area (Å²) in [5.41, 5.74) is 0. The molecule has 0 aromatic carbocycles. The Morgan fingerprint density at radius 1 is 1.10 bits per heavy atom. The van der Waals surface area contributed by atoms with Gasteiger partial charge >= 0.3 is 0 Å². The molecular formula is C22H41N7. The molecule has 0 unspecified atom stereocenters. The first-order chi connectivity index (χ1) is 14.3. The van der Waals surface area contributed by atoms with Gasteiger partial charge in [-0.1, -0.05) is 33.1 Å². The number of hydrogen-bond donors (Lipinski definition) is 2. The molecule has 2 aliphatic rings. The molecule has 3 rings (SSSR count). The molecule has 0 amide bonds. The predicted octanol–water partition coefficient (Wildman–Crippen LogP) is 2.83. The number of aliphatic imine (C=N–C) groups is 1. The van der Waals surface area contributed by atoms with Gasteiger partial charge < -0.3 is 20.1 Å². The highest BCUT2D eigenvalue weighted by atomic mass is 15.3. The van der Waals surface area contributed by atoms with Crippen LogP contribution in [0.15, 0.2) is 11.3 Å². The first-order valence-corrected chi connectivity index (χ1v) is 11.9. The zero-order valence-electron chi connectivity index (χ0n) is 18.6. The van der Waals surface area contributed by atoms with E-state index in [4.69, 9.17) is 4.99 Å². The molecule has 0 spiro atoms. The van der Waals surface area contributed by atoms with Crippen molar-refractivity contribution in [2.24, 2.45) is 10.9 Å². The molecule has 0 atom stereocenters. The Labute approximate surface area is 176 Å². The third-order valence-electron chi connectivity index (χ3n) is 6.36. The normalized spacial score (nSPS) is 20.1. The second kappa shape index (κ2) is 12.2. The topological polar surface area (TPSA) is 70.4 Å². The van der Waals surface area contributed by atoms with Crippen molar-refractivity contribution in [3.63, 3.8) is 0 Å². The van der Waals surface area contributed by atoms with E-state index in [0.29, 0.717) is 6.04 Å². The lowest BCUT2D eigenvalue weighted by molar-refractivity contribution is 0.206. The Morgan fingerprint density at radius 2 is 1.90 bits per heavy atom. The van der Waals surface area contributed by atoms with Gasteiger partial charge in [-0.3, -0.25) is 4.99 Å². The summed E-state index contributed by atoms with van der Waals surface area (Å²) >= 11 is 0. The summed E-state index contributed by atoms with van der Waals surface area (Å²) in [5, 5.41) is 15.5. The Kier molecular flexibility index (Phi) is 9.25. The highest BCUT2D eigenvalue weighted by molar-refractivity contribution is 5.80. The number of aromatic nitrogens is 3. The first kappa shape index (κ1) is 22.1. The molecule has 1 aromatic rings. The Morgan fingerprint density at radius 3 is 2.62 bits per heavy atom. The fourth-order valence-electron chi connectivity index (χ4n) is 4.59. The lowest BCUT2D eigenvalue weighted by Crippen LogP contribution is -2.49. The van der Waals surface area contributed by atoms with E-state index in [9.17, 15) is 0 Å². The van der Waals surface area contributed by atoms with Gasteiger partial charge in [0.25, 0.3) is 0 Å². The molecule has 1 aliphatic heterocycles. The fourth-order valence-corrected chi connectivity index (χ4v) is 4.59. The van der Waals surface area contributed by atoms with Crippen molar-refractivity contribution in [2.75, 3.05) is 32.7 Å². The highest BCUT2D eigenvalue weighted by Gasteiger charge is 2.20. The van der Waals surface area contributed by atoms with E-state index in [2.05, 4.69) is 44.1 Å². The summed E-state index contributed by atoms with van der Waals surface area (Å²) in [6.07, 6.45) is 13.2. The first-order valence-electron chi connectivity index (χ1n) is 11.9. The molecule has 7 heteroatoms. The van der Waals surface area contributed by atoms with Gasteiger partial charge in [-0.2, -0.15) is 0 Å². The van der Waals surface area contributed by atoms with Crippen LogP contribution in [0.5, 0.6) is 0 Å². The van der Waals surface area contributed by atoms with Gasteiger partial charge in [0.2, 0.25) is 0 Å². The van der Waals surface area contributed by atoms with Crippen LogP contribution < -0.4 is 10.6 Å². The molecule has 0 radical (unpaired) electrons. The molecular weight excluding hydrogens is 362 g/mol. The van der Waals surface area contributed by atoms with Crippen LogP contribution in [0.25, 0.3) is 0 Å². The van der Waals surface area contributed by atoms with E-state index in [1.807, 2.05) is 6.33 Å². The SMILES string of the molecule is CCCN1CCC(NC(=NCC2CCCCC2)NCCn2cnnc2CC)CC1. The van der Waals surface area contributed by atoms with Crippen LogP contribution in [0.1, 0.15) is 71.0 Å². The summed E-state index contributed by atoms with van der Waals surface area (Å²) in [7, 11) is 0. The molecule has 2 fully saturated rings. The number of rotatable bonds is 9. The Bertz CT molecular complexity index is 598. The summed E-state index contributed by atoms with van der Waals surface area (Å²) in [5.74, 6) is 2.80. The number of nitrogens with one attached hydrogen (secondary N) is 2. The standard InChI is InChI=1S/C22H41N7/c1-3-13-28-14-10-20(11-15-28)26-22(24-17-19-8-6-5-7-9-19)23-12-16-29-18-25-27-21(29)4-2/h18-20H,3-17H2,1-2H3,(H2,23,24,26). The maximum atomic E-state index is 5.00. The van der Waals surface area contributed by atoms with Crippen molar-refractivity contribution in [3.05, 3.63) is 12.2 Å². The van der Waals surface area contributed by atoms with Crippen molar-refractivity contribution >= 4 is 5.96 Å². The van der Waals surface area contributed by atoms with Crippen LogP contribution in [0.4, 0.5) is 0 Å². The summed E-state index contributed by atoms with van der Waals surface area (Å²) in [6.45, 7) is 10.7. The van der Waals surface area contributed by atoms with E-state index in [1.54, 1.807) is 0 Å². The molecule has 164 valence electrons. The monoisotopic (exact) mass is 403 g/mol.